The van der Waals surface area contributed by atoms with E-state index in [1.807, 2.05) is 38.6 Å². The number of nitrogens with zero attached hydrogens (tertiary/aromatic N) is 2. The van der Waals surface area contributed by atoms with Crippen LogP contribution in [0.4, 0.5) is 5.82 Å². The van der Waals surface area contributed by atoms with Gasteiger partial charge in [-0.15, -0.1) is 0 Å². The van der Waals surface area contributed by atoms with Crippen molar-refractivity contribution >= 4 is 11.6 Å². The summed E-state index contributed by atoms with van der Waals surface area (Å²) in [7, 11) is 1.91. The predicted molar refractivity (Wildman–Crippen MR) is 76.5 cm³/mol. The third-order valence-corrected chi connectivity index (χ3v) is 2.72. The Kier molecular flexibility index (Phi) is 5.14. The van der Waals surface area contributed by atoms with Crippen molar-refractivity contribution in [2.75, 3.05) is 5.73 Å². The van der Waals surface area contributed by atoms with E-state index in [4.69, 9.17) is 5.73 Å². The molecule has 104 valence electrons. The second kappa shape index (κ2) is 5.55. The van der Waals surface area contributed by atoms with Crippen molar-refractivity contribution in [2.45, 2.75) is 53.9 Å². The molecule has 0 saturated carbocycles. The zero-order chi connectivity index (χ0) is 14.7. The minimum Gasteiger partial charge on any atom is -0.382 e. The Morgan fingerprint density at radius 3 is 1.72 bits per heavy atom. The van der Waals surface area contributed by atoms with Crippen LogP contribution < -0.4 is 5.73 Å². The number of aromatic nitrogens is 2. The number of hydrogen-bond donors (Lipinski definition) is 1. The summed E-state index contributed by atoms with van der Waals surface area (Å²) in [6.07, 6.45) is 0. The van der Waals surface area contributed by atoms with Gasteiger partial charge in [-0.1, -0.05) is 41.5 Å². The average Bonchev–Trinajstić information content (AvgIpc) is 2.43. The van der Waals surface area contributed by atoms with Gasteiger partial charge in [0.1, 0.15) is 11.6 Å². The van der Waals surface area contributed by atoms with Gasteiger partial charge in [0, 0.05) is 29.6 Å². The second-order valence-electron chi connectivity index (χ2n) is 6.63. The molecule has 0 unspecified atom stereocenters. The molecule has 2 N–H and O–H groups in total. The number of nitrogen functional groups attached to an aromatic ring is 1. The van der Waals surface area contributed by atoms with Crippen LogP contribution in [0.15, 0.2) is 6.07 Å². The maximum Gasteiger partial charge on any atom is 0.145 e. The van der Waals surface area contributed by atoms with E-state index in [1.54, 1.807) is 6.92 Å². The van der Waals surface area contributed by atoms with Crippen molar-refractivity contribution in [1.29, 1.82) is 0 Å². The van der Waals surface area contributed by atoms with Crippen molar-refractivity contribution in [3.05, 3.63) is 11.8 Å². The zero-order valence-corrected chi connectivity index (χ0v) is 13.0. The first kappa shape index (κ1) is 16.7. The van der Waals surface area contributed by atoms with Gasteiger partial charge < -0.3 is 5.73 Å². The SMILES string of the molecule is CC(=O)C(C)(C)C.Cn1nc(N)cc1C(C)(C)C. The molecule has 0 saturated heterocycles. The highest BCUT2D eigenvalue weighted by atomic mass is 16.1. The van der Waals surface area contributed by atoms with E-state index in [2.05, 4.69) is 25.9 Å². The molecule has 0 aliphatic heterocycles. The van der Waals surface area contributed by atoms with Crippen LogP contribution in [-0.4, -0.2) is 15.6 Å². The molecule has 1 aromatic rings. The summed E-state index contributed by atoms with van der Waals surface area (Å²) < 4.78 is 1.83. The molecule has 1 heterocycles. The standard InChI is InChI=1S/C8H15N3.C6H12O/c1-8(2,3)6-5-7(9)10-11(6)4;1-5(7)6(2,3)4/h5H,1-4H3,(H2,9,10);1-4H3. The van der Waals surface area contributed by atoms with Gasteiger partial charge in [-0.2, -0.15) is 5.10 Å². The Balaban J connectivity index is 0.000000360. The van der Waals surface area contributed by atoms with Gasteiger partial charge in [0.15, 0.2) is 0 Å². The summed E-state index contributed by atoms with van der Waals surface area (Å²) >= 11 is 0. The largest absolute Gasteiger partial charge is 0.382 e. The fraction of sp³-hybridized carbons (Fsp3) is 0.714. The Bertz CT molecular complexity index is 406. The fourth-order valence-corrected chi connectivity index (χ4v) is 1.19. The number of aryl methyl sites for hydroxylation is 1. The number of rotatable bonds is 0. The van der Waals surface area contributed by atoms with Crippen LogP contribution in [0.5, 0.6) is 0 Å². The molecule has 0 amide bonds. The number of carbonyl (C=O) groups is 1. The van der Waals surface area contributed by atoms with Gasteiger partial charge in [-0.05, 0) is 6.92 Å². The Morgan fingerprint density at radius 2 is 1.61 bits per heavy atom. The molecule has 0 bridgehead atoms. The van der Waals surface area contributed by atoms with Crippen molar-refractivity contribution in [3.63, 3.8) is 0 Å². The van der Waals surface area contributed by atoms with Crippen LogP contribution in [0, 0.1) is 5.41 Å². The monoisotopic (exact) mass is 253 g/mol. The first-order valence-corrected chi connectivity index (χ1v) is 6.16. The van der Waals surface area contributed by atoms with Crippen LogP contribution in [0.1, 0.15) is 54.2 Å². The molecule has 0 spiro atoms. The van der Waals surface area contributed by atoms with Crippen LogP contribution >= 0.6 is 0 Å². The molecule has 1 rings (SSSR count). The van der Waals surface area contributed by atoms with Crippen LogP contribution in [-0.2, 0) is 17.3 Å². The molecule has 4 heteroatoms. The van der Waals surface area contributed by atoms with E-state index in [1.165, 1.54) is 0 Å². The maximum absolute atomic E-state index is 10.5. The van der Waals surface area contributed by atoms with E-state index in [9.17, 15) is 4.79 Å². The molecule has 18 heavy (non-hydrogen) atoms. The first-order chi connectivity index (χ1) is 7.85. The van der Waals surface area contributed by atoms with E-state index >= 15 is 0 Å². The maximum atomic E-state index is 10.5. The van der Waals surface area contributed by atoms with Crippen molar-refractivity contribution in [1.82, 2.24) is 9.78 Å². The van der Waals surface area contributed by atoms with E-state index in [0.717, 1.165) is 5.69 Å². The Hall–Kier alpha value is -1.32. The van der Waals surface area contributed by atoms with Gasteiger partial charge >= 0.3 is 0 Å². The number of nitrogens with two attached hydrogens (primary N) is 1. The van der Waals surface area contributed by atoms with E-state index in [-0.39, 0.29) is 16.6 Å². The molecule has 1 aromatic heterocycles. The molecule has 0 radical (unpaired) electrons. The number of ketones is 1. The highest BCUT2D eigenvalue weighted by Gasteiger charge is 2.18. The van der Waals surface area contributed by atoms with Gasteiger partial charge in [-0.3, -0.25) is 9.48 Å². The quantitative estimate of drug-likeness (QED) is 0.773. The lowest BCUT2D eigenvalue weighted by atomic mass is 9.92. The third kappa shape index (κ3) is 5.34. The van der Waals surface area contributed by atoms with Crippen LogP contribution in [0.25, 0.3) is 0 Å². The lowest BCUT2D eigenvalue weighted by molar-refractivity contribution is -0.124. The molecule has 0 fully saturated rings. The topological polar surface area (TPSA) is 60.9 Å². The van der Waals surface area contributed by atoms with Gasteiger partial charge in [-0.25, -0.2) is 0 Å². The normalized spacial score (nSPS) is 11.8. The molecule has 4 nitrogen and oxygen atoms in total. The van der Waals surface area contributed by atoms with Gasteiger partial charge in [0.2, 0.25) is 0 Å². The first-order valence-electron chi connectivity index (χ1n) is 6.16. The summed E-state index contributed by atoms with van der Waals surface area (Å²) in [6, 6.07) is 1.92. The van der Waals surface area contributed by atoms with Crippen LogP contribution in [0.3, 0.4) is 0 Å². The predicted octanol–water partition coefficient (Wildman–Crippen LogP) is 2.92. The lowest BCUT2D eigenvalue weighted by Gasteiger charge is -2.17. The molecule has 0 aliphatic rings. The van der Waals surface area contributed by atoms with Crippen LogP contribution in [0.2, 0.25) is 0 Å². The molecule has 0 aliphatic carbocycles. The summed E-state index contributed by atoms with van der Waals surface area (Å²) in [5.41, 5.74) is 6.69. The highest BCUT2D eigenvalue weighted by Crippen LogP contribution is 2.22. The fourth-order valence-electron chi connectivity index (χ4n) is 1.19. The second-order valence-corrected chi connectivity index (χ2v) is 6.63. The smallest absolute Gasteiger partial charge is 0.145 e. The number of Topliss-reactive ketones (excluding diaryl/α,β-unsaturated/α-hetero) is 1. The summed E-state index contributed by atoms with van der Waals surface area (Å²) in [4.78, 5) is 10.5. The molecular weight excluding hydrogens is 226 g/mol. The van der Waals surface area contributed by atoms with Crippen molar-refractivity contribution in [2.24, 2.45) is 12.5 Å². The Morgan fingerprint density at radius 1 is 1.22 bits per heavy atom. The average molecular weight is 253 g/mol. The Labute approximate surface area is 111 Å². The highest BCUT2D eigenvalue weighted by molar-refractivity contribution is 5.80. The van der Waals surface area contributed by atoms with E-state index in [0.29, 0.717) is 5.82 Å². The van der Waals surface area contributed by atoms with Crippen molar-refractivity contribution < 1.29 is 4.79 Å². The molecule has 0 aromatic carbocycles. The van der Waals surface area contributed by atoms with E-state index < -0.39 is 0 Å². The summed E-state index contributed by atoms with van der Waals surface area (Å²) in [5, 5.41) is 4.07. The van der Waals surface area contributed by atoms with Gasteiger partial charge in [0.25, 0.3) is 0 Å². The third-order valence-electron chi connectivity index (χ3n) is 2.72. The van der Waals surface area contributed by atoms with Crippen molar-refractivity contribution in [3.8, 4) is 0 Å². The minimum atomic E-state index is -0.139. The van der Waals surface area contributed by atoms with Gasteiger partial charge in [0.05, 0.1) is 0 Å². The minimum absolute atomic E-state index is 0.124. The number of carbonyl (C=O) groups excluding carboxylic acids is 1. The lowest BCUT2D eigenvalue weighted by Crippen LogP contribution is -2.16. The summed E-state index contributed by atoms with van der Waals surface area (Å²) in [6.45, 7) is 13.8. The number of anilines is 1. The number of hydrogen-bond acceptors (Lipinski definition) is 3. The molecular formula is C14H27N3O. The summed E-state index contributed by atoms with van der Waals surface area (Å²) in [5.74, 6) is 0.838. The zero-order valence-electron chi connectivity index (χ0n) is 13.0. The molecule has 0 atom stereocenters.